The number of hydrogen-bond donors (Lipinski definition) is 4. The van der Waals surface area contributed by atoms with Crippen LogP contribution in [-0.2, 0) is 19.2 Å². The lowest BCUT2D eigenvalue weighted by atomic mass is 10.0. The first-order valence-corrected chi connectivity index (χ1v) is 10.4. The summed E-state index contributed by atoms with van der Waals surface area (Å²) < 4.78 is 0. The van der Waals surface area contributed by atoms with Crippen LogP contribution < -0.4 is 16.0 Å². The van der Waals surface area contributed by atoms with E-state index in [1.54, 1.807) is 68.3 Å². The number of anilines is 1. The van der Waals surface area contributed by atoms with E-state index in [0.717, 1.165) is 0 Å². The number of carbonyl (C=O) groups is 5. The molecule has 11 heteroatoms. The van der Waals surface area contributed by atoms with Crippen molar-refractivity contribution in [3.05, 3.63) is 64.7 Å². The molecule has 0 aromatic heterocycles. The quantitative estimate of drug-likeness (QED) is 0.333. The zero-order chi connectivity index (χ0) is 26.0. The summed E-state index contributed by atoms with van der Waals surface area (Å²) in [7, 11) is 1.66. The van der Waals surface area contributed by atoms with Gasteiger partial charge in [-0.15, -0.1) is 0 Å². The van der Waals surface area contributed by atoms with E-state index in [4.69, 9.17) is 37.1 Å². The number of amides is 2. The number of carboxylic acids is 2. The summed E-state index contributed by atoms with van der Waals surface area (Å²) in [5.41, 5.74) is 7.18. The minimum atomic E-state index is -1.82. The molecule has 0 radical (unpaired) electrons. The molecule has 0 unspecified atom stereocenters. The third-order valence-electron chi connectivity index (χ3n) is 4.50. The van der Waals surface area contributed by atoms with Gasteiger partial charge in [0, 0.05) is 28.9 Å². The summed E-state index contributed by atoms with van der Waals surface area (Å²) in [6, 6.07) is 12.9. The molecular formula is C23H26ClN3O7. The minimum absolute atomic E-state index is 0.0862. The number of nitrogens with one attached hydrogen (secondary N) is 1. The fraction of sp³-hybridized carbons (Fsp3) is 0.261. The maximum Gasteiger partial charge on any atom is 0.414 e. The molecule has 2 aromatic rings. The summed E-state index contributed by atoms with van der Waals surface area (Å²) in [6.45, 7) is 3.49. The second-order valence-corrected chi connectivity index (χ2v) is 7.94. The second kappa shape index (κ2) is 13.1. The molecule has 2 amide bonds. The van der Waals surface area contributed by atoms with Gasteiger partial charge < -0.3 is 20.8 Å². The molecule has 0 bridgehead atoms. The maximum atomic E-state index is 12.9. The lowest BCUT2D eigenvalue weighted by molar-refractivity contribution is -0.159. The van der Waals surface area contributed by atoms with Gasteiger partial charge >= 0.3 is 11.9 Å². The Balaban J connectivity index is 0.000000852. The van der Waals surface area contributed by atoms with E-state index < -0.39 is 29.8 Å². The Morgan fingerprint density at radius 1 is 1.00 bits per heavy atom. The van der Waals surface area contributed by atoms with Crippen molar-refractivity contribution in [1.82, 2.24) is 5.32 Å². The first kappa shape index (κ1) is 28.3. The Kier molecular flexibility index (Phi) is 10.9. The van der Waals surface area contributed by atoms with Crippen molar-refractivity contribution >= 4 is 46.8 Å². The minimum Gasteiger partial charge on any atom is -0.473 e. The highest BCUT2D eigenvalue weighted by molar-refractivity contribution is 6.31. The topological polar surface area (TPSA) is 167 Å². The molecule has 0 spiro atoms. The molecule has 0 aliphatic heterocycles. The van der Waals surface area contributed by atoms with Crippen molar-refractivity contribution in [3.63, 3.8) is 0 Å². The van der Waals surface area contributed by atoms with Crippen molar-refractivity contribution in [1.29, 1.82) is 0 Å². The highest BCUT2D eigenvalue weighted by Crippen LogP contribution is 2.26. The van der Waals surface area contributed by atoms with Gasteiger partial charge in [-0.1, -0.05) is 55.8 Å². The molecule has 5 N–H and O–H groups in total. The normalized spacial score (nSPS) is 11.0. The van der Waals surface area contributed by atoms with Crippen LogP contribution in [0.5, 0.6) is 0 Å². The van der Waals surface area contributed by atoms with Crippen LogP contribution in [0, 0.1) is 5.92 Å². The van der Waals surface area contributed by atoms with E-state index in [9.17, 15) is 14.4 Å². The van der Waals surface area contributed by atoms with Crippen LogP contribution >= 0.6 is 11.6 Å². The van der Waals surface area contributed by atoms with Gasteiger partial charge in [-0.2, -0.15) is 0 Å². The Hall–Kier alpha value is -3.76. The van der Waals surface area contributed by atoms with Crippen LogP contribution in [0.2, 0.25) is 5.02 Å². The molecule has 10 nitrogen and oxygen atoms in total. The van der Waals surface area contributed by atoms with Crippen LogP contribution in [0.3, 0.4) is 0 Å². The highest BCUT2D eigenvalue weighted by atomic mass is 35.5. The lowest BCUT2D eigenvalue weighted by Crippen LogP contribution is -2.48. The maximum absolute atomic E-state index is 12.9. The van der Waals surface area contributed by atoms with Gasteiger partial charge in [0.2, 0.25) is 11.8 Å². The van der Waals surface area contributed by atoms with Gasteiger partial charge in [-0.25, -0.2) is 9.59 Å². The zero-order valence-corrected chi connectivity index (χ0v) is 19.6. The molecule has 0 saturated carbocycles. The predicted molar refractivity (Wildman–Crippen MR) is 126 cm³/mol. The number of nitrogens with two attached hydrogens (primary N) is 1. The fourth-order valence-electron chi connectivity index (χ4n) is 2.63. The summed E-state index contributed by atoms with van der Waals surface area (Å²) >= 11 is 6.08. The van der Waals surface area contributed by atoms with Gasteiger partial charge in [0.25, 0.3) is 0 Å². The monoisotopic (exact) mass is 491 g/mol. The number of likely N-dealkylation sites (N-methyl/N-ethyl adjacent to an activating group) is 1. The third-order valence-corrected chi connectivity index (χ3v) is 4.73. The molecule has 0 saturated heterocycles. The molecule has 1 atom stereocenters. The number of carbonyl (C=O) groups excluding carboxylic acids is 3. The predicted octanol–water partition coefficient (Wildman–Crippen LogP) is 1.79. The molecule has 0 heterocycles. The number of ketones is 1. The first-order valence-electron chi connectivity index (χ1n) is 10.0. The van der Waals surface area contributed by atoms with Crippen molar-refractivity contribution in [2.24, 2.45) is 11.7 Å². The fourth-order valence-corrected chi connectivity index (χ4v) is 2.80. The Labute approximate surface area is 201 Å². The number of aliphatic carboxylic acids is 2. The number of benzene rings is 2. The number of nitrogens with zero attached hydrogens (tertiary/aromatic N) is 1. The Morgan fingerprint density at radius 3 is 2.06 bits per heavy atom. The van der Waals surface area contributed by atoms with Gasteiger partial charge in [0.15, 0.2) is 5.78 Å². The number of imide groups is 1. The smallest absolute Gasteiger partial charge is 0.414 e. The van der Waals surface area contributed by atoms with Gasteiger partial charge in [0.05, 0.1) is 12.6 Å². The van der Waals surface area contributed by atoms with E-state index in [-0.39, 0.29) is 18.2 Å². The van der Waals surface area contributed by atoms with E-state index in [1.165, 1.54) is 0 Å². The van der Waals surface area contributed by atoms with E-state index in [2.05, 4.69) is 5.32 Å². The molecule has 182 valence electrons. The summed E-state index contributed by atoms with van der Waals surface area (Å²) in [5.74, 6) is -4.97. The van der Waals surface area contributed by atoms with Crippen molar-refractivity contribution in [2.45, 2.75) is 19.9 Å². The third kappa shape index (κ3) is 8.64. The first-order chi connectivity index (χ1) is 15.8. The average molecular weight is 492 g/mol. The number of rotatable bonds is 7. The molecule has 2 rings (SSSR count). The number of hydrogen-bond acceptors (Lipinski definition) is 7. The van der Waals surface area contributed by atoms with E-state index in [1.807, 2.05) is 6.07 Å². The standard InChI is InChI=1S/C21H24ClN3O3.C2H2O4/c1-13(2)19(23)21(28)24-18(26)12-25(3)17-10-9-15(22)11-16(17)20(27)14-7-5-4-6-8-14;3-1(4)2(5)6/h4-11,13,19H,12,23H2,1-3H3,(H,24,26,28);(H,3,4)(H,5,6)/t19-;/m0./s1. The largest absolute Gasteiger partial charge is 0.473 e. The van der Waals surface area contributed by atoms with Crippen LogP contribution in [0.4, 0.5) is 5.69 Å². The average Bonchev–Trinajstić information content (AvgIpc) is 2.78. The van der Waals surface area contributed by atoms with Crippen molar-refractivity contribution in [3.8, 4) is 0 Å². The van der Waals surface area contributed by atoms with Crippen LogP contribution in [-0.4, -0.2) is 59.4 Å². The summed E-state index contributed by atoms with van der Waals surface area (Å²) in [4.78, 5) is 56.9. The molecule has 34 heavy (non-hydrogen) atoms. The number of halogens is 1. The van der Waals surface area contributed by atoms with E-state index >= 15 is 0 Å². The number of carboxylic acid groups (broad SMARTS) is 2. The van der Waals surface area contributed by atoms with E-state index in [0.29, 0.717) is 21.8 Å². The van der Waals surface area contributed by atoms with Crippen LogP contribution in [0.25, 0.3) is 0 Å². The van der Waals surface area contributed by atoms with Gasteiger partial charge in [0.1, 0.15) is 0 Å². The second-order valence-electron chi connectivity index (χ2n) is 7.51. The summed E-state index contributed by atoms with van der Waals surface area (Å²) in [6.07, 6.45) is 0. The lowest BCUT2D eigenvalue weighted by Gasteiger charge is -2.22. The zero-order valence-electron chi connectivity index (χ0n) is 18.8. The Morgan fingerprint density at radius 2 is 1.56 bits per heavy atom. The van der Waals surface area contributed by atoms with Gasteiger partial charge in [-0.3, -0.25) is 19.7 Å². The highest BCUT2D eigenvalue weighted by Gasteiger charge is 2.22. The molecule has 0 fully saturated rings. The van der Waals surface area contributed by atoms with Gasteiger partial charge in [-0.05, 0) is 24.1 Å². The summed E-state index contributed by atoms with van der Waals surface area (Å²) in [5, 5.41) is 17.5. The van der Waals surface area contributed by atoms with Crippen LogP contribution in [0.15, 0.2) is 48.5 Å². The molecule has 0 aliphatic carbocycles. The van der Waals surface area contributed by atoms with Crippen LogP contribution in [0.1, 0.15) is 29.8 Å². The SMILES string of the molecule is CC(C)[C@H](N)C(=O)NC(=O)CN(C)c1ccc(Cl)cc1C(=O)c1ccccc1.O=C(O)C(=O)O. The Bertz CT molecular complexity index is 1050. The molecule has 0 aliphatic rings. The van der Waals surface area contributed by atoms with Crippen molar-refractivity contribution < 1.29 is 34.2 Å². The molecular weight excluding hydrogens is 466 g/mol. The molecule has 2 aromatic carbocycles. The van der Waals surface area contributed by atoms with Crippen molar-refractivity contribution in [2.75, 3.05) is 18.5 Å².